The van der Waals surface area contributed by atoms with E-state index in [1.165, 1.54) is 0 Å². The minimum atomic E-state index is -0.239. The van der Waals surface area contributed by atoms with E-state index in [0.29, 0.717) is 18.9 Å². The fourth-order valence-electron chi connectivity index (χ4n) is 1.45. The maximum absolute atomic E-state index is 10.0. The molecule has 3 N–H and O–H groups in total. The van der Waals surface area contributed by atoms with Crippen LogP contribution in [-0.4, -0.2) is 18.3 Å². The van der Waals surface area contributed by atoms with Gasteiger partial charge in [-0.15, -0.1) is 0 Å². The third-order valence-electron chi connectivity index (χ3n) is 2.54. The van der Waals surface area contributed by atoms with Gasteiger partial charge in [0.1, 0.15) is 0 Å². The summed E-state index contributed by atoms with van der Waals surface area (Å²) in [6.45, 7) is 6.91. The van der Waals surface area contributed by atoms with Crippen LogP contribution in [0.25, 0.3) is 0 Å². The molecule has 3 heteroatoms. The van der Waals surface area contributed by atoms with Gasteiger partial charge in [-0.2, -0.15) is 0 Å². The molecule has 3 nitrogen and oxygen atoms in total. The summed E-state index contributed by atoms with van der Waals surface area (Å²) < 4.78 is 5.33. The predicted molar refractivity (Wildman–Crippen MR) is 61.4 cm³/mol. The van der Waals surface area contributed by atoms with E-state index >= 15 is 0 Å². The van der Waals surface area contributed by atoms with Crippen LogP contribution in [0.15, 0.2) is 18.2 Å². The lowest BCUT2D eigenvalue weighted by Crippen LogP contribution is -2.28. The summed E-state index contributed by atoms with van der Waals surface area (Å²) in [5.74, 6) is 0.728. The van der Waals surface area contributed by atoms with Crippen LogP contribution in [0.5, 0.6) is 11.5 Å². The molecule has 0 saturated heterocycles. The van der Waals surface area contributed by atoms with E-state index in [1.54, 1.807) is 6.07 Å². The molecule has 0 atom stereocenters. The number of para-hydroxylation sites is 1. The highest BCUT2D eigenvalue weighted by Gasteiger charge is 2.23. The van der Waals surface area contributed by atoms with Crippen LogP contribution in [0.2, 0.25) is 0 Å². The number of hydrogen-bond donors (Lipinski definition) is 2. The Labute approximate surface area is 90.9 Å². The number of phenolic OH excluding ortho intramolecular Hbond substituents is 1. The number of benzene rings is 1. The molecule has 0 aliphatic rings. The van der Waals surface area contributed by atoms with Crippen LogP contribution >= 0.6 is 0 Å². The molecule has 0 aliphatic carbocycles. The van der Waals surface area contributed by atoms with Gasteiger partial charge < -0.3 is 15.6 Å². The highest BCUT2D eigenvalue weighted by molar-refractivity contribution is 5.48. The van der Waals surface area contributed by atoms with Crippen LogP contribution in [0, 0.1) is 0 Å². The lowest BCUT2D eigenvalue weighted by molar-refractivity contribution is 0.313. The first-order valence-electron chi connectivity index (χ1n) is 5.18. The van der Waals surface area contributed by atoms with Crippen molar-refractivity contribution in [2.45, 2.75) is 26.2 Å². The maximum atomic E-state index is 10.0. The van der Waals surface area contributed by atoms with Gasteiger partial charge in [0.15, 0.2) is 11.5 Å². The zero-order chi connectivity index (χ0) is 11.5. The second kappa shape index (κ2) is 4.53. The lowest BCUT2D eigenvalue weighted by atomic mass is 9.84. The summed E-state index contributed by atoms with van der Waals surface area (Å²) in [7, 11) is 0. The second-order valence-electron chi connectivity index (χ2n) is 4.17. The summed E-state index contributed by atoms with van der Waals surface area (Å²) >= 11 is 0. The van der Waals surface area contributed by atoms with Crippen molar-refractivity contribution >= 4 is 0 Å². The van der Waals surface area contributed by atoms with Gasteiger partial charge in [-0.25, -0.2) is 0 Å². The Hall–Kier alpha value is -1.22. The van der Waals surface area contributed by atoms with Gasteiger partial charge in [0, 0.05) is 17.5 Å². The van der Waals surface area contributed by atoms with Crippen LogP contribution in [-0.2, 0) is 5.41 Å². The van der Waals surface area contributed by atoms with Crippen LogP contribution in [0.3, 0.4) is 0 Å². The van der Waals surface area contributed by atoms with Gasteiger partial charge in [0.2, 0.25) is 0 Å². The predicted octanol–water partition coefficient (Wildman–Crippen LogP) is 2.03. The van der Waals surface area contributed by atoms with Gasteiger partial charge in [0.25, 0.3) is 0 Å². The Morgan fingerprint density at radius 3 is 2.60 bits per heavy atom. The van der Waals surface area contributed by atoms with E-state index in [0.717, 1.165) is 5.56 Å². The highest BCUT2D eigenvalue weighted by Crippen LogP contribution is 2.36. The van der Waals surface area contributed by atoms with E-state index < -0.39 is 0 Å². The van der Waals surface area contributed by atoms with Crippen molar-refractivity contribution < 1.29 is 9.84 Å². The zero-order valence-electron chi connectivity index (χ0n) is 9.58. The Morgan fingerprint density at radius 1 is 1.40 bits per heavy atom. The first-order valence-corrected chi connectivity index (χ1v) is 5.18. The fourth-order valence-corrected chi connectivity index (χ4v) is 1.45. The molecular weight excluding hydrogens is 190 g/mol. The summed E-state index contributed by atoms with van der Waals surface area (Å²) in [5, 5.41) is 10.0. The van der Waals surface area contributed by atoms with Crippen molar-refractivity contribution in [2.75, 3.05) is 13.2 Å². The van der Waals surface area contributed by atoms with Crippen molar-refractivity contribution in [2.24, 2.45) is 5.73 Å². The largest absolute Gasteiger partial charge is 0.504 e. The first kappa shape index (κ1) is 11.9. The van der Waals surface area contributed by atoms with Crippen molar-refractivity contribution in [3.05, 3.63) is 23.8 Å². The highest BCUT2D eigenvalue weighted by atomic mass is 16.5. The number of rotatable bonds is 4. The first-order chi connectivity index (χ1) is 7.03. The van der Waals surface area contributed by atoms with Crippen molar-refractivity contribution in [1.82, 2.24) is 0 Å². The molecule has 0 bridgehead atoms. The normalized spacial score (nSPS) is 11.5. The third kappa shape index (κ3) is 2.42. The molecule has 0 saturated carbocycles. The number of aromatic hydroxyl groups is 1. The van der Waals surface area contributed by atoms with E-state index in [4.69, 9.17) is 10.5 Å². The van der Waals surface area contributed by atoms with Gasteiger partial charge in [-0.05, 0) is 13.0 Å². The Balaban J connectivity index is 3.15. The Bertz CT molecular complexity index is 334. The maximum Gasteiger partial charge on any atom is 0.161 e. The SMILES string of the molecule is CCOc1cccc(C(C)(C)CN)c1O. The molecule has 1 rings (SSSR count). The summed E-state index contributed by atoms with van der Waals surface area (Å²) in [6, 6.07) is 5.51. The van der Waals surface area contributed by atoms with Crippen LogP contribution < -0.4 is 10.5 Å². The molecule has 1 aromatic rings. The van der Waals surface area contributed by atoms with Crippen LogP contribution in [0.1, 0.15) is 26.3 Å². The zero-order valence-corrected chi connectivity index (χ0v) is 9.58. The summed E-state index contributed by atoms with van der Waals surface area (Å²) in [5.41, 5.74) is 6.27. The smallest absolute Gasteiger partial charge is 0.161 e. The molecule has 0 spiro atoms. The number of nitrogens with two attached hydrogens (primary N) is 1. The second-order valence-corrected chi connectivity index (χ2v) is 4.17. The molecule has 0 heterocycles. The van der Waals surface area contributed by atoms with E-state index in [9.17, 15) is 5.11 Å². The summed E-state index contributed by atoms with van der Waals surface area (Å²) in [6.07, 6.45) is 0. The molecule has 0 aromatic heterocycles. The molecule has 0 unspecified atom stereocenters. The van der Waals surface area contributed by atoms with Gasteiger partial charge >= 0.3 is 0 Å². The molecule has 84 valence electrons. The van der Waals surface area contributed by atoms with Gasteiger partial charge in [-0.3, -0.25) is 0 Å². The van der Waals surface area contributed by atoms with Crippen LogP contribution in [0.4, 0.5) is 0 Å². The van der Waals surface area contributed by atoms with E-state index in [1.807, 2.05) is 32.9 Å². The molecule has 0 amide bonds. The Morgan fingerprint density at radius 2 is 2.07 bits per heavy atom. The summed E-state index contributed by atoms with van der Waals surface area (Å²) in [4.78, 5) is 0. The number of phenols is 1. The molecular formula is C12H19NO2. The minimum absolute atomic E-state index is 0.204. The number of hydrogen-bond acceptors (Lipinski definition) is 3. The average molecular weight is 209 g/mol. The monoisotopic (exact) mass is 209 g/mol. The topological polar surface area (TPSA) is 55.5 Å². The molecule has 0 fully saturated rings. The molecule has 0 aliphatic heterocycles. The number of ether oxygens (including phenoxy) is 1. The minimum Gasteiger partial charge on any atom is -0.504 e. The Kier molecular flexibility index (Phi) is 3.58. The molecule has 0 radical (unpaired) electrons. The van der Waals surface area contributed by atoms with E-state index in [2.05, 4.69) is 0 Å². The van der Waals surface area contributed by atoms with Gasteiger partial charge in [-0.1, -0.05) is 26.0 Å². The average Bonchev–Trinajstić information content (AvgIpc) is 2.21. The molecule has 1 aromatic carbocycles. The van der Waals surface area contributed by atoms with Crippen molar-refractivity contribution in [3.63, 3.8) is 0 Å². The lowest BCUT2D eigenvalue weighted by Gasteiger charge is -2.24. The van der Waals surface area contributed by atoms with Gasteiger partial charge in [0.05, 0.1) is 6.61 Å². The van der Waals surface area contributed by atoms with Crippen molar-refractivity contribution in [1.29, 1.82) is 0 Å². The van der Waals surface area contributed by atoms with E-state index in [-0.39, 0.29) is 11.2 Å². The quantitative estimate of drug-likeness (QED) is 0.797. The fraction of sp³-hybridized carbons (Fsp3) is 0.500. The standard InChI is InChI=1S/C12H19NO2/c1-4-15-10-7-5-6-9(11(10)14)12(2,3)8-13/h5-7,14H,4,8,13H2,1-3H3. The van der Waals surface area contributed by atoms with Crippen molar-refractivity contribution in [3.8, 4) is 11.5 Å². The third-order valence-corrected chi connectivity index (χ3v) is 2.54. The molecule has 15 heavy (non-hydrogen) atoms.